The zero-order valence-electron chi connectivity index (χ0n) is 23.6. The van der Waals surface area contributed by atoms with Gasteiger partial charge in [-0.1, -0.05) is 18.6 Å². The third kappa shape index (κ3) is 4.52. The Bertz CT molecular complexity index is 1170. The fourth-order valence-corrected chi connectivity index (χ4v) is 8.44. The number of hydrogen-bond donors (Lipinski definition) is 3. The normalized spacial score (nSPS) is 42.3. The van der Waals surface area contributed by atoms with Crippen molar-refractivity contribution in [1.82, 2.24) is 5.39 Å². The summed E-state index contributed by atoms with van der Waals surface area (Å²) in [5.74, 6) is -3.77. The van der Waals surface area contributed by atoms with Gasteiger partial charge in [-0.2, -0.15) is 0 Å². The number of allylic oxidation sites excluding steroid dienone is 4. The van der Waals surface area contributed by atoms with Crippen molar-refractivity contribution in [2.45, 2.75) is 82.6 Å². The number of fused-ring (bicyclic) bond motifs is 7. The topological polar surface area (TPSA) is 161 Å². The minimum atomic E-state index is -2.08. The van der Waals surface area contributed by atoms with Gasteiger partial charge in [0.05, 0.1) is 30.8 Å². The number of halogens is 1. The molecule has 0 aromatic rings. The number of carbonyl (C=O) groups is 3. The van der Waals surface area contributed by atoms with E-state index in [0.29, 0.717) is 24.8 Å². The number of alkyl halides is 1. The van der Waals surface area contributed by atoms with Crippen LogP contribution in [0.4, 0.5) is 4.39 Å². The van der Waals surface area contributed by atoms with Gasteiger partial charge in [0.15, 0.2) is 29.4 Å². The van der Waals surface area contributed by atoms with E-state index >= 15 is 4.39 Å². The molecule has 0 aromatic carbocycles. The molecule has 0 bridgehead atoms. The number of carbonyl (C=O) groups excluding carboxylic acids is 3. The smallest absolute Gasteiger partial charge is 0.332 e. The van der Waals surface area contributed by atoms with Crippen molar-refractivity contribution in [2.24, 2.45) is 22.7 Å². The van der Waals surface area contributed by atoms with E-state index in [0.717, 1.165) is 0 Å². The predicted octanol–water partition coefficient (Wildman–Crippen LogP) is 2.00. The van der Waals surface area contributed by atoms with Gasteiger partial charge in [-0.15, -0.1) is 0 Å². The molecule has 3 saturated carbocycles. The number of hydrogen-bond acceptors (Lipinski definition) is 12. The minimum Gasteiger partial charge on any atom is -0.456 e. The molecule has 0 radical (unpaired) electrons. The minimum absolute atomic E-state index is 0.0964. The molecule has 1 unspecified atom stereocenters. The fraction of sp³-hybridized carbons (Fsp3) is 0.750. The van der Waals surface area contributed by atoms with Crippen molar-refractivity contribution in [3.8, 4) is 0 Å². The third-order valence-electron chi connectivity index (χ3n) is 10.1. The van der Waals surface area contributed by atoms with Crippen molar-refractivity contribution in [2.75, 3.05) is 26.4 Å². The SMILES string of the molecule is CC1(C)O[C@@H]2C[C@H]3C4CCC5=CC(=O)C=C[C@]5(C)[C@@]4(F)[C@@H](O)C[C@]3(C)[C@]2(C(=O)COC(=O)COCCON(O)O)O1. The predicted molar refractivity (Wildman–Crippen MR) is 135 cm³/mol. The van der Waals surface area contributed by atoms with Gasteiger partial charge in [0.25, 0.3) is 0 Å². The Balaban J connectivity index is 1.38. The molecule has 3 N–H and O–H groups in total. The van der Waals surface area contributed by atoms with Crippen LogP contribution < -0.4 is 0 Å². The summed E-state index contributed by atoms with van der Waals surface area (Å²) >= 11 is 0. The lowest BCUT2D eigenvalue weighted by Gasteiger charge is -2.62. The summed E-state index contributed by atoms with van der Waals surface area (Å²) in [5, 5.41) is 28.1. The molecular formula is C28H38FNO11. The second-order valence-electron chi connectivity index (χ2n) is 12.6. The molecule has 4 aliphatic carbocycles. The standard InChI is InChI=1S/C28H38FNO11/c1-24(2)40-22-12-19-18-6-5-16-11-17(31)7-8-25(16,3)27(18,29)20(32)13-26(19,4)28(22,41-24)21(33)14-38-23(34)15-37-9-10-39-30(35)36/h7-8,11,18-20,22,32,35-36H,5-6,9-10,12-15H2,1-4H3/t18?,19-,20-,22+,25-,26-,27-,28+/m0/s1. The highest BCUT2D eigenvalue weighted by molar-refractivity contribution is 6.01. The Morgan fingerprint density at radius 1 is 1.15 bits per heavy atom. The summed E-state index contributed by atoms with van der Waals surface area (Å²) in [4.78, 5) is 42.7. The first kappa shape index (κ1) is 30.4. The van der Waals surface area contributed by atoms with E-state index in [1.165, 1.54) is 12.2 Å². The lowest BCUT2D eigenvalue weighted by molar-refractivity contribution is -0.493. The quantitative estimate of drug-likeness (QED) is 0.206. The fourth-order valence-electron chi connectivity index (χ4n) is 8.44. The van der Waals surface area contributed by atoms with Crippen molar-refractivity contribution in [3.63, 3.8) is 0 Å². The first-order valence-electron chi connectivity index (χ1n) is 13.9. The van der Waals surface area contributed by atoms with Crippen molar-refractivity contribution in [3.05, 3.63) is 23.8 Å². The number of aliphatic hydroxyl groups is 1. The van der Waals surface area contributed by atoms with Crippen LogP contribution >= 0.6 is 0 Å². The molecule has 5 aliphatic rings. The average Bonchev–Trinajstić information content (AvgIpc) is 3.29. The van der Waals surface area contributed by atoms with Crippen molar-refractivity contribution in [1.29, 1.82) is 0 Å². The molecule has 41 heavy (non-hydrogen) atoms. The van der Waals surface area contributed by atoms with Crippen LogP contribution in [0.15, 0.2) is 23.8 Å². The van der Waals surface area contributed by atoms with Gasteiger partial charge in [-0.25, -0.2) is 14.0 Å². The van der Waals surface area contributed by atoms with E-state index in [1.54, 1.807) is 26.8 Å². The Kier molecular flexibility index (Phi) is 7.60. The monoisotopic (exact) mass is 583 g/mol. The summed E-state index contributed by atoms with van der Waals surface area (Å²) in [6.45, 7) is 5.37. The van der Waals surface area contributed by atoms with Gasteiger partial charge >= 0.3 is 5.97 Å². The summed E-state index contributed by atoms with van der Waals surface area (Å²) in [5.41, 5.74) is -5.23. The maximum atomic E-state index is 17.4. The average molecular weight is 584 g/mol. The first-order chi connectivity index (χ1) is 19.1. The molecule has 12 nitrogen and oxygen atoms in total. The zero-order valence-corrected chi connectivity index (χ0v) is 23.6. The molecule has 1 aliphatic heterocycles. The molecule has 1 heterocycles. The summed E-state index contributed by atoms with van der Waals surface area (Å²) in [6, 6.07) is 0. The number of aliphatic hydroxyl groups excluding tert-OH is 1. The molecule has 8 atom stereocenters. The maximum Gasteiger partial charge on any atom is 0.332 e. The molecule has 0 amide bonds. The van der Waals surface area contributed by atoms with Gasteiger partial charge in [0.1, 0.15) is 6.61 Å². The summed E-state index contributed by atoms with van der Waals surface area (Å²) in [7, 11) is 0. The Morgan fingerprint density at radius 3 is 2.59 bits per heavy atom. The second kappa shape index (κ2) is 10.3. The van der Waals surface area contributed by atoms with Gasteiger partial charge in [0, 0.05) is 16.7 Å². The van der Waals surface area contributed by atoms with E-state index in [-0.39, 0.29) is 25.4 Å². The molecule has 0 aromatic heterocycles. The van der Waals surface area contributed by atoms with Crippen LogP contribution in [-0.2, 0) is 38.2 Å². The van der Waals surface area contributed by atoms with Gasteiger partial charge in [-0.3, -0.25) is 20.0 Å². The number of ketones is 2. The van der Waals surface area contributed by atoms with Crippen LogP contribution in [-0.4, -0.2) is 94.1 Å². The summed E-state index contributed by atoms with van der Waals surface area (Å²) < 4.78 is 40.3. The number of ether oxygens (including phenoxy) is 4. The van der Waals surface area contributed by atoms with Crippen LogP contribution in [0.5, 0.6) is 0 Å². The molecule has 228 valence electrons. The first-order valence-corrected chi connectivity index (χ1v) is 13.9. The van der Waals surface area contributed by atoms with E-state index in [4.69, 9.17) is 29.4 Å². The van der Waals surface area contributed by atoms with Crippen LogP contribution in [0.3, 0.4) is 0 Å². The number of rotatable bonds is 9. The number of Topliss-reactive ketones (excluding diaryl/α,β-unsaturated/α-hetero) is 1. The highest BCUT2D eigenvalue weighted by Crippen LogP contribution is 2.72. The Labute approximate surface area is 236 Å². The van der Waals surface area contributed by atoms with E-state index in [1.807, 2.05) is 6.92 Å². The van der Waals surface area contributed by atoms with Crippen LogP contribution in [0.1, 0.15) is 53.4 Å². The van der Waals surface area contributed by atoms with E-state index < -0.39 is 82.3 Å². The summed E-state index contributed by atoms with van der Waals surface area (Å²) in [6.07, 6.45) is 3.27. The van der Waals surface area contributed by atoms with Crippen molar-refractivity contribution >= 4 is 17.5 Å². The number of nitrogens with zero attached hydrogens (tertiary/aromatic N) is 1. The Hall–Kier alpha value is -2.10. The van der Waals surface area contributed by atoms with E-state index in [2.05, 4.69) is 4.84 Å². The van der Waals surface area contributed by atoms with Crippen molar-refractivity contribution < 1.29 is 58.1 Å². The maximum absolute atomic E-state index is 17.4. The highest BCUT2D eigenvalue weighted by atomic mass is 19.1. The molecule has 0 spiro atoms. The lowest BCUT2D eigenvalue weighted by Crippen LogP contribution is -2.70. The lowest BCUT2D eigenvalue weighted by atomic mass is 9.44. The van der Waals surface area contributed by atoms with Crippen LogP contribution in [0, 0.1) is 22.7 Å². The Morgan fingerprint density at radius 2 is 1.88 bits per heavy atom. The van der Waals surface area contributed by atoms with Gasteiger partial charge < -0.3 is 24.1 Å². The van der Waals surface area contributed by atoms with E-state index in [9.17, 15) is 19.5 Å². The third-order valence-corrected chi connectivity index (χ3v) is 10.1. The highest BCUT2D eigenvalue weighted by Gasteiger charge is 2.80. The molecule has 4 fully saturated rings. The van der Waals surface area contributed by atoms with Crippen LogP contribution in [0.25, 0.3) is 0 Å². The zero-order chi connectivity index (χ0) is 30.0. The molecule has 1 saturated heterocycles. The van der Waals surface area contributed by atoms with Gasteiger partial charge in [0.2, 0.25) is 5.78 Å². The van der Waals surface area contributed by atoms with Crippen LogP contribution in [0.2, 0.25) is 0 Å². The van der Waals surface area contributed by atoms with Gasteiger partial charge in [-0.05, 0) is 64.5 Å². The largest absolute Gasteiger partial charge is 0.456 e. The molecular weight excluding hydrogens is 545 g/mol. The molecule has 13 heteroatoms. The second-order valence-corrected chi connectivity index (χ2v) is 12.6. The molecule has 5 rings (SSSR count). The number of esters is 1.